The van der Waals surface area contributed by atoms with Crippen molar-refractivity contribution in [2.75, 3.05) is 33.8 Å². The van der Waals surface area contributed by atoms with Gasteiger partial charge in [-0.1, -0.05) is 12.1 Å². The summed E-state index contributed by atoms with van der Waals surface area (Å²) in [4.78, 5) is 8.36. The Morgan fingerprint density at radius 2 is 2.08 bits per heavy atom. The first kappa shape index (κ1) is 17.8. The van der Waals surface area contributed by atoms with E-state index in [4.69, 9.17) is 4.74 Å². The molecule has 2 aromatic rings. The summed E-state index contributed by atoms with van der Waals surface area (Å²) in [5.74, 6) is 1.71. The molecule has 0 amide bonds. The molecule has 0 radical (unpaired) electrons. The molecule has 1 aliphatic rings. The van der Waals surface area contributed by atoms with Crippen molar-refractivity contribution in [2.24, 2.45) is 4.99 Å². The standard InChI is InChI=1S/C19H26N4OS/c1-20-19(22-13-15-3-5-17(24-2)6-4-15)21-9-11-23-10-7-18-16(14-23)8-12-25-18/h3-6,8,12H,7,9-11,13-14H2,1-2H3,(H2,20,21,22). The normalized spacial score (nSPS) is 14.9. The maximum atomic E-state index is 5.18. The third-order valence-corrected chi connectivity index (χ3v) is 5.47. The van der Waals surface area contributed by atoms with Gasteiger partial charge in [-0.2, -0.15) is 0 Å². The molecule has 134 valence electrons. The van der Waals surface area contributed by atoms with Crippen LogP contribution in [0.3, 0.4) is 0 Å². The van der Waals surface area contributed by atoms with Crippen LogP contribution in [-0.4, -0.2) is 44.7 Å². The molecular formula is C19H26N4OS. The molecule has 3 rings (SSSR count). The number of nitrogens with zero attached hydrogens (tertiary/aromatic N) is 2. The highest BCUT2D eigenvalue weighted by molar-refractivity contribution is 7.10. The summed E-state index contributed by atoms with van der Waals surface area (Å²) in [6, 6.07) is 10.3. The second-order valence-corrected chi connectivity index (χ2v) is 7.10. The van der Waals surface area contributed by atoms with Gasteiger partial charge in [0.2, 0.25) is 0 Å². The van der Waals surface area contributed by atoms with E-state index in [1.165, 1.54) is 17.5 Å². The van der Waals surface area contributed by atoms with Gasteiger partial charge in [0.05, 0.1) is 7.11 Å². The molecule has 0 aliphatic carbocycles. The van der Waals surface area contributed by atoms with E-state index in [1.807, 2.05) is 30.5 Å². The van der Waals surface area contributed by atoms with Crippen LogP contribution in [0.5, 0.6) is 5.75 Å². The number of guanidine groups is 1. The van der Waals surface area contributed by atoms with Crippen molar-refractivity contribution < 1.29 is 4.74 Å². The molecular weight excluding hydrogens is 332 g/mol. The molecule has 0 atom stereocenters. The first-order valence-electron chi connectivity index (χ1n) is 8.63. The van der Waals surface area contributed by atoms with Crippen molar-refractivity contribution in [1.29, 1.82) is 0 Å². The lowest BCUT2D eigenvalue weighted by molar-refractivity contribution is 0.260. The van der Waals surface area contributed by atoms with Gasteiger partial charge in [-0.25, -0.2) is 0 Å². The van der Waals surface area contributed by atoms with Gasteiger partial charge in [0.25, 0.3) is 0 Å². The predicted molar refractivity (Wildman–Crippen MR) is 104 cm³/mol. The molecule has 1 aliphatic heterocycles. The Balaban J connectivity index is 1.39. The average molecular weight is 359 g/mol. The molecule has 0 bridgehead atoms. The van der Waals surface area contributed by atoms with Gasteiger partial charge in [0, 0.05) is 44.6 Å². The van der Waals surface area contributed by atoms with Crippen LogP contribution in [0.15, 0.2) is 40.7 Å². The molecule has 5 nitrogen and oxygen atoms in total. The maximum Gasteiger partial charge on any atom is 0.191 e. The SMILES string of the molecule is CN=C(NCCN1CCc2sccc2C1)NCc1ccc(OC)cc1. The van der Waals surface area contributed by atoms with E-state index < -0.39 is 0 Å². The highest BCUT2D eigenvalue weighted by atomic mass is 32.1. The number of hydrogen-bond donors (Lipinski definition) is 2. The molecule has 2 heterocycles. The van der Waals surface area contributed by atoms with Crippen LogP contribution in [0.1, 0.15) is 16.0 Å². The molecule has 0 saturated carbocycles. The van der Waals surface area contributed by atoms with Crippen LogP contribution >= 0.6 is 11.3 Å². The molecule has 25 heavy (non-hydrogen) atoms. The van der Waals surface area contributed by atoms with E-state index in [1.54, 1.807) is 12.0 Å². The van der Waals surface area contributed by atoms with E-state index in [0.29, 0.717) is 0 Å². The third kappa shape index (κ3) is 4.96. The Bertz CT molecular complexity index is 696. The molecule has 0 unspecified atom stereocenters. The van der Waals surface area contributed by atoms with Gasteiger partial charge in [0.15, 0.2) is 5.96 Å². The third-order valence-electron chi connectivity index (χ3n) is 4.45. The van der Waals surface area contributed by atoms with Gasteiger partial charge in [-0.15, -0.1) is 11.3 Å². The van der Waals surface area contributed by atoms with Crippen molar-refractivity contribution in [3.05, 3.63) is 51.7 Å². The number of methoxy groups -OCH3 is 1. The van der Waals surface area contributed by atoms with E-state index in [9.17, 15) is 0 Å². The number of rotatable bonds is 6. The first-order chi connectivity index (χ1) is 12.3. The Kier molecular flexibility index (Phi) is 6.30. The number of thiophene rings is 1. The molecule has 0 fully saturated rings. The lowest BCUT2D eigenvalue weighted by Crippen LogP contribution is -2.42. The first-order valence-corrected chi connectivity index (χ1v) is 9.51. The van der Waals surface area contributed by atoms with E-state index in [2.05, 4.69) is 44.1 Å². The average Bonchev–Trinajstić information content (AvgIpc) is 3.12. The fourth-order valence-electron chi connectivity index (χ4n) is 2.98. The zero-order chi connectivity index (χ0) is 17.5. The molecule has 1 aromatic carbocycles. The van der Waals surface area contributed by atoms with E-state index in [0.717, 1.165) is 44.4 Å². The van der Waals surface area contributed by atoms with Crippen LogP contribution in [-0.2, 0) is 19.5 Å². The Labute approximate surface area is 153 Å². The number of ether oxygens (including phenoxy) is 1. The Morgan fingerprint density at radius 1 is 1.24 bits per heavy atom. The molecule has 6 heteroatoms. The highest BCUT2D eigenvalue weighted by Crippen LogP contribution is 2.23. The van der Waals surface area contributed by atoms with Crippen LogP contribution < -0.4 is 15.4 Å². The second kappa shape index (κ2) is 8.87. The number of nitrogens with one attached hydrogen (secondary N) is 2. The summed E-state index contributed by atoms with van der Waals surface area (Å²) in [5.41, 5.74) is 2.70. The lowest BCUT2D eigenvalue weighted by atomic mass is 10.1. The number of hydrogen-bond acceptors (Lipinski definition) is 4. The molecule has 0 spiro atoms. The van der Waals surface area contributed by atoms with Gasteiger partial charge in [-0.3, -0.25) is 9.89 Å². The van der Waals surface area contributed by atoms with Crippen LogP contribution in [0.2, 0.25) is 0 Å². The molecule has 1 aromatic heterocycles. The fraction of sp³-hybridized carbons (Fsp3) is 0.421. The Morgan fingerprint density at radius 3 is 2.84 bits per heavy atom. The summed E-state index contributed by atoms with van der Waals surface area (Å²) < 4.78 is 5.18. The second-order valence-electron chi connectivity index (χ2n) is 6.10. The zero-order valence-corrected chi connectivity index (χ0v) is 15.7. The highest BCUT2D eigenvalue weighted by Gasteiger charge is 2.16. The van der Waals surface area contributed by atoms with Crippen molar-refractivity contribution in [3.63, 3.8) is 0 Å². The quantitative estimate of drug-likeness (QED) is 0.615. The van der Waals surface area contributed by atoms with E-state index in [-0.39, 0.29) is 0 Å². The molecule has 2 N–H and O–H groups in total. The minimum Gasteiger partial charge on any atom is -0.497 e. The zero-order valence-electron chi connectivity index (χ0n) is 14.9. The topological polar surface area (TPSA) is 48.9 Å². The van der Waals surface area contributed by atoms with Crippen molar-refractivity contribution in [1.82, 2.24) is 15.5 Å². The van der Waals surface area contributed by atoms with E-state index >= 15 is 0 Å². The summed E-state index contributed by atoms with van der Waals surface area (Å²) in [7, 11) is 3.49. The summed E-state index contributed by atoms with van der Waals surface area (Å²) in [6.07, 6.45) is 1.18. The summed E-state index contributed by atoms with van der Waals surface area (Å²) in [5, 5.41) is 8.96. The van der Waals surface area contributed by atoms with Gasteiger partial charge in [-0.05, 0) is 41.1 Å². The number of fused-ring (bicyclic) bond motifs is 1. The smallest absolute Gasteiger partial charge is 0.191 e. The minimum absolute atomic E-state index is 0.742. The van der Waals surface area contributed by atoms with Crippen LogP contribution in [0.25, 0.3) is 0 Å². The summed E-state index contributed by atoms with van der Waals surface area (Å²) >= 11 is 1.89. The summed E-state index contributed by atoms with van der Waals surface area (Å²) in [6.45, 7) is 4.87. The molecule has 0 saturated heterocycles. The van der Waals surface area contributed by atoms with Crippen LogP contribution in [0.4, 0.5) is 0 Å². The fourth-order valence-corrected chi connectivity index (χ4v) is 3.87. The minimum atomic E-state index is 0.742. The van der Waals surface area contributed by atoms with Crippen molar-refractivity contribution in [3.8, 4) is 5.75 Å². The predicted octanol–water partition coefficient (Wildman–Crippen LogP) is 2.48. The monoisotopic (exact) mass is 358 g/mol. The lowest BCUT2D eigenvalue weighted by Gasteiger charge is -2.27. The number of aliphatic imine (C=N–C) groups is 1. The Hall–Kier alpha value is -2.05. The number of benzene rings is 1. The largest absolute Gasteiger partial charge is 0.497 e. The van der Waals surface area contributed by atoms with Crippen molar-refractivity contribution >= 4 is 17.3 Å². The van der Waals surface area contributed by atoms with Gasteiger partial charge < -0.3 is 15.4 Å². The maximum absolute atomic E-state index is 5.18. The van der Waals surface area contributed by atoms with Gasteiger partial charge in [0.1, 0.15) is 5.75 Å². The van der Waals surface area contributed by atoms with Crippen LogP contribution in [0, 0.1) is 0 Å². The van der Waals surface area contributed by atoms with Crippen molar-refractivity contribution in [2.45, 2.75) is 19.5 Å². The van der Waals surface area contributed by atoms with Gasteiger partial charge >= 0.3 is 0 Å².